The van der Waals surface area contributed by atoms with Gasteiger partial charge in [-0.15, -0.1) is 13.2 Å². The zero-order valence-corrected chi connectivity index (χ0v) is 10.4. The lowest BCUT2D eigenvalue weighted by molar-refractivity contribution is -0.274. The second kappa shape index (κ2) is 6.98. The van der Waals surface area contributed by atoms with Gasteiger partial charge in [0.05, 0.1) is 0 Å². The molecule has 0 spiro atoms. The molecule has 0 radical (unpaired) electrons. The average Bonchev–Trinajstić information content (AvgIpc) is 2.33. The Morgan fingerprint density at radius 3 is 2.63 bits per heavy atom. The molecule has 7 heteroatoms. The summed E-state index contributed by atoms with van der Waals surface area (Å²) in [5, 5.41) is 5.34. The van der Waals surface area contributed by atoms with Crippen molar-refractivity contribution in [2.75, 3.05) is 13.6 Å². The van der Waals surface area contributed by atoms with Gasteiger partial charge in [-0.05, 0) is 13.1 Å². The van der Waals surface area contributed by atoms with Crippen molar-refractivity contribution in [3.8, 4) is 5.75 Å². The maximum absolute atomic E-state index is 12.2. The predicted molar refractivity (Wildman–Crippen MR) is 63.5 cm³/mol. The molecule has 0 fully saturated rings. The highest BCUT2D eigenvalue weighted by Gasteiger charge is 2.31. The highest BCUT2D eigenvalue weighted by Crippen LogP contribution is 2.25. The van der Waals surface area contributed by atoms with Gasteiger partial charge in [0.1, 0.15) is 5.75 Å². The molecule has 0 aliphatic carbocycles. The molecule has 0 saturated heterocycles. The van der Waals surface area contributed by atoms with Crippen LogP contribution in [0, 0.1) is 0 Å². The maximum Gasteiger partial charge on any atom is 0.573 e. The Labute approximate surface area is 108 Å². The third-order valence-corrected chi connectivity index (χ3v) is 2.28. The summed E-state index contributed by atoms with van der Waals surface area (Å²) in [6, 6.07) is 5.70. The number of carbonyl (C=O) groups is 1. The Hall–Kier alpha value is -1.76. The molecule has 0 unspecified atom stereocenters. The molecule has 2 N–H and O–H groups in total. The number of rotatable bonds is 6. The third kappa shape index (κ3) is 6.10. The lowest BCUT2D eigenvalue weighted by Crippen LogP contribution is -2.26. The Balaban J connectivity index is 2.60. The van der Waals surface area contributed by atoms with Crippen LogP contribution in [0.15, 0.2) is 24.3 Å². The number of carbonyl (C=O) groups excluding carboxylic acids is 1. The van der Waals surface area contributed by atoms with Crippen LogP contribution in [0.3, 0.4) is 0 Å². The fourth-order valence-corrected chi connectivity index (χ4v) is 1.39. The van der Waals surface area contributed by atoms with E-state index in [-0.39, 0.29) is 30.2 Å². The average molecular weight is 276 g/mol. The van der Waals surface area contributed by atoms with Crippen LogP contribution in [0.1, 0.15) is 12.0 Å². The lowest BCUT2D eigenvalue weighted by Gasteiger charge is -2.13. The first-order valence-electron chi connectivity index (χ1n) is 5.67. The van der Waals surface area contributed by atoms with Gasteiger partial charge in [-0.25, -0.2) is 0 Å². The van der Waals surface area contributed by atoms with E-state index in [1.807, 2.05) is 0 Å². The first-order valence-corrected chi connectivity index (χ1v) is 5.67. The second-order valence-electron chi connectivity index (χ2n) is 3.79. The maximum atomic E-state index is 12.2. The summed E-state index contributed by atoms with van der Waals surface area (Å²) in [6.45, 7) is 0.501. The van der Waals surface area contributed by atoms with Crippen molar-refractivity contribution in [3.05, 3.63) is 29.8 Å². The summed E-state index contributed by atoms with van der Waals surface area (Å²) < 4.78 is 40.4. The third-order valence-electron chi connectivity index (χ3n) is 2.28. The Kier molecular flexibility index (Phi) is 5.62. The number of hydrogen-bond acceptors (Lipinski definition) is 3. The number of amides is 1. The summed E-state index contributed by atoms with van der Waals surface area (Å²) >= 11 is 0. The van der Waals surface area contributed by atoms with Crippen molar-refractivity contribution >= 4 is 5.91 Å². The van der Waals surface area contributed by atoms with E-state index in [0.29, 0.717) is 6.54 Å². The van der Waals surface area contributed by atoms with Crippen LogP contribution in [-0.4, -0.2) is 25.9 Å². The number of halogens is 3. The normalized spacial score (nSPS) is 11.2. The first kappa shape index (κ1) is 15.3. The molecule has 1 aromatic carbocycles. The van der Waals surface area contributed by atoms with Gasteiger partial charge in [0.2, 0.25) is 5.91 Å². The number of benzene rings is 1. The van der Waals surface area contributed by atoms with Crippen molar-refractivity contribution in [2.45, 2.75) is 19.3 Å². The van der Waals surface area contributed by atoms with Crippen LogP contribution in [0.25, 0.3) is 0 Å². The van der Waals surface area contributed by atoms with Crippen molar-refractivity contribution in [1.82, 2.24) is 10.6 Å². The molecule has 0 bridgehead atoms. The molecule has 0 saturated carbocycles. The largest absolute Gasteiger partial charge is 0.573 e. The first-order chi connectivity index (χ1) is 8.92. The summed E-state index contributed by atoms with van der Waals surface area (Å²) in [7, 11) is 1.71. The van der Waals surface area contributed by atoms with Crippen molar-refractivity contribution in [1.29, 1.82) is 0 Å². The molecule has 1 amide bonds. The molecule has 19 heavy (non-hydrogen) atoms. The lowest BCUT2D eigenvalue weighted by atomic mass is 10.2. The minimum atomic E-state index is -4.74. The van der Waals surface area contributed by atoms with Gasteiger partial charge in [0.15, 0.2) is 0 Å². The van der Waals surface area contributed by atoms with Gasteiger partial charge >= 0.3 is 6.36 Å². The number of nitrogens with one attached hydrogen (secondary N) is 2. The van der Waals surface area contributed by atoms with Gasteiger partial charge in [-0.2, -0.15) is 0 Å². The molecule has 0 aromatic heterocycles. The Morgan fingerprint density at radius 1 is 1.32 bits per heavy atom. The van der Waals surface area contributed by atoms with Gasteiger partial charge in [0, 0.05) is 25.1 Å². The van der Waals surface area contributed by atoms with Gasteiger partial charge in [0.25, 0.3) is 0 Å². The number of hydrogen-bond donors (Lipinski definition) is 2. The zero-order chi connectivity index (χ0) is 14.3. The van der Waals surface area contributed by atoms with E-state index < -0.39 is 6.36 Å². The van der Waals surface area contributed by atoms with Crippen LogP contribution >= 0.6 is 0 Å². The molecule has 0 heterocycles. The molecule has 4 nitrogen and oxygen atoms in total. The standard InChI is InChI=1S/C12H15F3N2O2/c1-16-7-6-11(18)17-8-9-4-2-3-5-10(9)19-12(13,14)15/h2-5,16H,6-8H2,1H3,(H,17,18). The molecular formula is C12H15F3N2O2. The molecule has 0 aliphatic rings. The van der Waals surface area contributed by atoms with Crippen molar-refractivity contribution in [2.24, 2.45) is 0 Å². The molecule has 1 rings (SSSR count). The quantitative estimate of drug-likeness (QED) is 0.833. The highest BCUT2D eigenvalue weighted by atomic mass is 19.4. The van der Waals surface area contributed by atoms with Crippen molar-refractivity contribution < 1.29 is 22.7 Å². The van der Waals surface area contributed by atoms with E-state index in [1.165, 1.54) is 18.2 Å². The Bertz CT molecular complexity index is 422. The summed E-state index contributed by atoms with van der Waals surface area (Å²) in [5.74, 6) is -0.542. The van der Waals surface area contributed by atoms with E-state index in [0.717, 1.165) is 0 Å². The summed E-state index contributed by atoms with van der Waals surface area (Å²) in [6.07, 6.45) is -4.48. The number of ether oxygens (including phenoxy) is 1. The Morgan fingerprint density at radius 2 is 2.00 bits per heavy atom. The summed E-state index contributed by atoms with van der Waals surface area (Å²) in [5.41, 5.74) is 0.276. The van der Waals surface area contributed by atoms with Crippen LogP contribution in [-0.2, 0) is 11.3 Å². The van der Waals surface area contributed by atoms with Crippen molar-refractivity contribution in [3.63, 3.8) is 0 Å². The fourth-order valence-electron chi connectivity index (χ4n) is 1.39. The van der Waals surface area contributed by atoms with Crippen LogP contribution < -0.4 is 15.4 Å². The monoisotopic (exact) mass is 276 g/mol. The number of alkyl halides is 3. The molecule has 0 aliphatic heterocycles. The SMILES string of the molecule is CNCCC(=O)NCc1ccccc1OC(F)(F)F. The van der Waals surface area contributed by atoms with Gasteiger partial charge < -0.3 is 15.4 Å². The highest BCUT2D eigenvalue weighted by molar-refractivity contribution is 5.76. The van der Waals surface area contributed by atoms with Crippen LogP contribution in [0.4, 0.5) is 13.2 Å². The summed E-state index contributed by atoms with van der Waals surface area (Å²) in [4.78, 5) is 11.4. The van der Waals surface area contributed by atoms with E-state index in [2.05, 4.69) is 15.4 Å². The number of para-hydroxylation sites is 1. The molecule has 0 atom stereocenters. The van der Waals surface area contributed by atoms with Gasteiger partial charge in [-0.3, -0.25) is 4.79 Å². The second-order valence-corrected chi connectivity index (χ2v) is 3.79. The van der Waals surface area contributed by atoms with E-state index in [4.69, 9.17) is 0 Å². The minimum Gasteiger partial charge on any atom is -0.405 e. The molecule has 106 valence electrons. The van der Waals surface area contributed by atoms with Crippen LogP contribution in [0.2, 0.25) is 0 Å². The van der Waals surface area contributed by atoms with Crippen LogP contribution in [0.5, 0.6) is 5.75 Å². The minimum absolute atomic E-state index is 0.00516. The van der Waals surface area contributed by atoms with E-state index >= 15 is 0 Å². The molecule has 1 aromatic rings. The van der Waals surface area contributed by atoms with E-state index in [1.54, 1.807) is 13.1 Å². The van der Waals surface area contributed by atoms with E-state index in [9.17, 15) is 18.0 Å². The molecular weight excluding hydrogens is 261 g/mol. The fraction of sp³-hybridized carbons (Fsp3) is 0.417. The van der Waals surface area contributed by atoms with Gasteiger partial charge in [-0.1, -0.05) is 18.2 Å². The topological polar surface area (TPSA) is 50.4 Å². The zero-order valence-electron chi connectivity index (χ0n) is 10.4. The predicted octanol–water partition coefficient (Wildman–Crippen LogP) is 1.81. The smallest absolute Gasteiger partial charge is 0.405 e.